The molecule has 3 rings (SSSR count). The number of fused-ring (bicyclic) bond motifs is 1. The number of thioether (sulfide) groups is 1. The van der Waals surface area contributed by atoms with Gasteiger partial charge >= 0.3 is 0 Å². The molecule has 9 heteroatoms. The average molecular weight is 401 g/mol. The van der Waals surface area contributed by atoms with E-state index in [0.717, 1.165) is 16.9 Å². The van der Waals surface area contributed by atoms with Crippen molar-refractivity contribution in [2.75, 3.05) is 25.2 Å². The van der Waals surface area contributed by atoms with Gasteiger partial charge in [-0.25, -0.2) is 14.6 Å². The molecule has 2 aromatic heterocycles. The van der Waals surface area contributed by atoms with Crippen LogP contribution in [0.2, 0.25) is 0 Å². The summed E-state index contributed by atoms with van der Waals surface area (Å²) in [6, 6.07) is 7.30. The molecule has 1 aromatic carbocycles. The number of nitrogens with one attached hydrogen (secondary N) is 2. The molecule has 0 saturated heterocycles. The highest BCUT2D eigenvalue weighted by atomic mass is 32.2. The summed E-state index contributed by atoms with van der Waals surface area (Å²) in [7, 11) is 1.58. The zero-order valence-corrected chi connectivity index (χ0v) is 17.2. The first-order valence-electron chi connectivity index (χ1n) is 8.98. The Morgan fingerprint density at radius 1 is 1.32 bits per heavy atom. The van der Waals surface area contributed by atoms with Gasteiger partial charge in [-0.1, -0.05) is 17.8 Å². The van der Waals surface area contributed by atoms with Crippen molar-refractivity contribution in [2.24, 2.45) is 0 Å². The number of carbonyl (C=O) groups excluding carboxylic acids is 1. The number of methoxy groups -OCH3 is 1. The molecule has 0 radical (unpaired) electrons. The predicted octanol–water partition coefficient (Wildman–Crippen LogP) is 2.81. The summed E-state index contributed by atoms with van der Waals surface area (Å²) in [6.45, 7) is 5.06. The van der Waals surface area contributed by atoms with Crippen LogP contribution in [0, 0.1) is 0 Å². The standard InChI is InChI=1S/C19H24N6O2S/c1-12(2)22-16-15-11-21-25(17(15)24-19(23-16)28-4)9-8-20-18(26)13-6-5-7-14(10-13)27-3/h5-7,10-12H,8-9H2,1-4H3,(H,20,26)(H,22,23,24). The molecule has 8 nitrogen and oxygen atoms in total. The zero-order chi connectivity index (χ0) is 20.1. The highest BCUT2D eigenvalue weighted by molar-refractivity contribution is 7.98. The minimum absolute atomic E-state index is 0.156. The molecule has 0 aliphatic heterocycles. The number of rotatable bonds is 8. The van der Waals surface area contributed by atoms with Gasteiger partial charge in [0.25, 0.3) is 5.91 Å². The maximum absolute atomic E-state index is 12.3. The van der Waals surface area contributed by atoms with Crippen molar-refractivity contribution >= 4 is 34.5 Å². The summed E-state index contributed by atoms with van der Waals surface area (Å²) in [6.07, 6.45) is 3.70. The van der Waals surface area contributed by atoms with Crippen LogP contribution in [-0.2, 0) is 6.54 Å². The van der Waals surface area contributed by atoms with Crippen LogP contribution in [0.5, 0.6) is 5.75 Å². The van der Waals surface area contributed by atoms with Crippen molar-refractivity contribution < 1.29 is 9.53 Å². The van der Waals surface area contributed by atoms with Gasteiger partial charge in [0.1, 0.15) is 11.6 Å². The third kappa shape index (κ3) is 4.53. The van der Waals surface area contributed by atoms with Crippen molar-refractivity contribution in [1.82, 2.24) is 25.1 Å². The van der Waals surface area contributed by atoms with E-state index in [0.29, 0.717) is 29.6 Å². The van der Waals surface area contributed by atoms with Gasteiger partial charge < -0.3 is 15.4 Å². The van der Waals surface area contributed by atoms with E-state index < -0.39 is 0 Å². The molecule has 0 atom stereocenters. The summed E-state index contributed by atoms with van der Waals surface area (Å²) >= 11 is 1.48. The van der Waals surface area contributed by atoms with Crippen molar-refractivity contribution in [3.05, 3.63) is 36.0 Å². The molecule has 1 amide bonds. The fraction of sp³-hybridized carbons (Fsp3) is 0.368. The van der Waals surface area contributed by atoms with E-state index in [1.165, 1.54) is 11.8 Å². The van der Waals surface area contributed by atoms with Crippen LogP contribution in [0.15, 0.2) is 35.6 Å². The Balaban J connectivity index is 1.73. The summed E-state index contributed by atoms with van der Waals surface area (Å²) < 4.78 is 6.95. The van der Waals surface area contributed by atoms with Gasteiger partial charge in [0.15, 0.2) is 10.8 Å². The van der Waals surface area contributed by atoms with Crippen LogP contribution in [0.3, 0.4) is 0 Å². The third-order valence-corrected chi connectivity index (χ3v) is 4.57. The molecule has 0 unspecified atom stereocenters. The van der Waals surface area contributed by atoms with E-state index in [2.05, 4.69) is 39.5 Å². The summed E-state index contributed by atoms with van der Waals surface area (Å²) in [5, 5.41) is 12.2. The van der Waals surface area contributed by atoms with Gasteiger partial charge in [-0.05, 0) is 38.3 Å². The first-order chi connectivity index (χ1) is 13.5. The molecule has 0 fully saturated rings. The number of anilines is 1. The van der Waals surface area contributed by atoms with E-state index in [9.17, 15) is 4.79 Å². The van der Waals surface area contributed by atoms with Crippen molar-refractivity contribution in [3.8, 4) is 5.75 Å². The maximum atomic E-state index is 12.3. The second-order valence-electron chi connectivity index (χ2n) is 6.45. The Bertz CT molecular complexity index is 972. The molecule has 3 aromatic rings. The lowest BCUT2D eigenvalue weighted by molar-refractivity contribution is 0.0951. The smallest absolute Gasteiger partial charge is 0.251 e. The molecule has 2 heterocycles. The number of aromatic nitrogens is 4. The monoisotopic (exact) mass is 400 g/mol. The number of nitrogens with zero attached hydrogens (tertiary/aromatic N) is 4. The highest BCUT2D eigenvalue weighted by Crippen LogP contribution is 2.23. The Labute approximate surface area is 168 Å². The second kappa shape index (κ2) is 8.92. The van der Waals surface area contributed by atoms with Crippen LogP contribution in [0.4, 0.5) is 5.82 Å². The number of benzene rings is 1. The van der Waals surface area contributed by atoms with Gasteiger partial charge in [0, 0.05) is 18.2 Å². The van der Waals surface area contributed by atoms with Crippen LogP contribution in [0.25, 0.3) is 11.0 Å². The lowest BCUT2D eigenvalue weighted by Gasteiger charge is -2.11. The first kappa shape index (κ1) is 19.9. The third-order valence-electron chi connectivity index (χ3n) is 4.02. The lowest BCUT2D eigenvalue weighted by atomic mass is 10.2. The van der Waals surface area contributed by atoms with Gasteiger partial charge in [0.05, 0.1) is 25.2 Å². The van der Waals surface area contributed by atoms with Gasteiger partial charge in [-0.3, -0.25) is 4.79 Å². The Morgan fingerprint density at radius 3 is 2.86 bits per heavy atom. The molecule has 148 valence electrons. The van der Waals surface area contributed by atoms with Crippen LogP contribution >= 0.6 is 11.8 Å². The van der Waals surface area contributed by atoms with E-state index >= 15 is 0 Å². The first-order valence-corrected chi connectivity index (χ1v) is 10.2. The molecule has 0 bridgehead atoms. The number of hydrogen-bond acceptors (Lipinski definition) is 7. The summed E-state index contributed by atoms with van der Waals surface area (Å²) in [5.41, 5.74) is 1.30. The van der Waals surface area contributed by atoms with E-state index in [1.54, 1.807) is 42.3 Å². The molecule has 0 aliphatic rings. The SMILES string of the molecule is COc1cccc(C(=O)NCCn2ncc3c(NC(C)C)nc(SC)nc32)c1. The van der Waals surface area contributed by atoms with Crippen LogP contribution < -0.4 is 15.4 Å². The van der Waals surface area contributed by atoms with Gasteiger partial charge in [-0.15, -0.1) is 0 Å². The van der Waals surface area contributed by atoms with E-state index in [1.807, 2.05) is 6.26 Å². The number of ether oxygens (including phenoxy) is 1. The van der Waals surface area contributed by atoms with Crippen LogP contribution in [-0.4, -0.2) is 51.6 Å². The molecule has 0 spiro atoms. The van der Waals surface area contributed by atoms with E-state index in [-0.39, 0.29) is 11.9 Å². The molecular formula is C19H24N6O2S. The van der Waals surface area contributed by atoms with Crippen LogP contribution in [0.1, 0.15) is 24.2 Å². The summed E-state index contributed by atoms with van der Waals surface area (Å²) in [5.74, 6) is 1.27. The number of hydrogen-bond donors (Lipinski definition) is 2. The highest BCUT2D eigenvalue weighted by Gasteiger charge is 2.14. The van der Waals surface area contributed by atoms with Gasteiger partial charge in [0.2, 0.25) is 0 Å². The molecule has 28 heavy (non-hydrogen) atoms. The quantitative estimate of drug-likeness (QED) is 0.443. The fourth-order valence-electron chi connectivity index (χ4n) is 2.72. The minimum Gasteiger partial charge on any atom is -0.497 e. The van der Waals surface area contributed by atoms with Crippen molar-refractivity contribution in [3.63, 3.8) is 0 Å². The molecule has 0 saturated carbocycles. The van der Waals surface area contributed by atoms with Crippen molar-refractivity contribution in [1.29, 1.82) is 0 Å². The summed E-state index contributed by atoms with van der Waals surface area (Å²) in [4.78, 5) is 21.5. The van der Waals surface area contributed by atoms with Crippen molar-refractivity contribution in [2.45, 2.75) is 31.6 Å². The van der Waals surface area contributed by atoms with Gasteiger partial charge in [-0.2, -0.15) is 5.10 Å². The minimum atomic E-state index is -0.156. The normalized spacial score (nSPS) is 11.0. The maximum Gasteiger partial charge on any atom is 0.251 e. The van der Waals surface area contributed by atoms with E-state index in [4.69, 9.17) is 4.74 Å². The number of carbonyl (C=O) groups is 1. The molecule has 0 aliphatic carbocycles. The Hall–Kier alpha value is -2.81. The molecule has 2 N–H and O–H groups in total. The Kier molecular flexibility index (Phi) is 6.35. The topological polar surface area (TPSA) is 94.0 Å². The Morgan fingerprint density at radius 2 is 2.14 bits per heavy atom. The molecular weight excluding hydrogens is 376 g/mol. The second-order valence-corrected chi connectivity index (χ2v) is 7.22. The predicted molar refractivity (Wildman–Crippen MR) is 111 cm³/mol. The lowest BCUT2D eigenvalue weighted by Crippen LogP contribution is -2.27. The zero-order valence-electron chi connectivity index (χ0n) is 16.4. The number of amides is 1. The largest absolute Gasteiger partial charge is 0.497 e. The average Bonchev–Trinajstić information content (AvgIpc) is 3.10. The fourth-order valence-corrected chi connectivity index (χ4v) is 3.08.